The number of carbonyl (C=O) groups excluding carboxylic acids is 1. The van der Waals surface area contributed by atoms with Gasteiger partial charge in [-0.3, -0.25) is 4.79 Å². The van der Waals surface area contributed by atoms with E-state index in [4.69, 9.17) is 9.52 Å². The van der Waals surface area contributed by atoms with Crippen molar-refractivity contribution in [3.63, 3.8) is 0 Å². The summed E-state index contributed by atoms with van der Waals surface area (Å²) in [4.78, 5) is 13.1. The topological polar surface area (TPSA) is 96.2 Å². The number of benzene rings is 2. The van der Waals surface area contributed by atoms with Crippen molar-refractivity contribution in [3.8, 4) is 5.75 Å². The maximum absolute atomic E-state index is 13.5. The van der Waals surface area contributed by atoms with Gasteiger partial charge in [-0.1, -0.05) is 24.3 Å². The molecule has 1 aliphatic heterocycles. The first-order valence-corrected chi connectivity index (χ1v) is 11.6. The third kappa shape index (κ3) is 4.67. The fourth-order valence-corrected chi connectivity index (χ4v) is 5.20. The summed E-state index contributed by atoms with van der Waals surface area (Å²) >= 11 is 0. The molecule has 0 fully saturated rings. The van der Waals surface area contributed by atoms with Gasteiger partial charge in [-0.15, -0.1) is 0 Å². The smallest absolute Gasteiger partial charge is 0.272 e. The molecule has 0 spiro atoms. The Morgan fingerprint density at radius 3 is 2.61 bits per heavy atom. The van der Waals surface area contributed by atoms with Gasteiger partial charge < -0.3 is 14.6 Å². The minimum atomic E-state index is -3.43. The van der Waals surface area contributed by atoms with E-state index in [1.54, 1.807) is 26.3 Å². The zero-order valence-corrected chi connectivity index (χ0v) is 18.7. The molecule has 0 radical (unpaired) electrons. The van der Waals surface area contributed by atoms with Crippen LogP contribution in [0.25, 0.3) is 6.08 Å². The molecule has 10 heteroatoms. The van der Waals surface area contributed by atoms with Gasteiger partial charge >= 0.3 is 0 Å². The summed E-state index contributed by atoms with van der Waals surface area (Å²) < 4.78 is 57.9. The average Bonchev–Trinajstić information content (AvgIpc) is 3.06. The molecule has 7 nitrogen and oxygen atoms in total. The predicted octanol–water partition coefficient (Wildman–Crippen LogP) is 4.11. The molecule has 1 unspecified atom stereocenters. The van der Waals surface area contributed by atoms with Gasteiger partial charge in [-0.05, 0) is 36.2 Å². The normalized spacial score (nSPS) is 19.6. The standard InChI is InChI=1S/C23H22F2N4O3S/c1-29-13-21-18(22(29)23(30)27-15-6-10-19(24)20(25)12-15)9-5-16(28-33(21,26)31)11-14-3-7-17(32-2)8-4-14/h3-10,12-13,16H,11H2,1-2H3,(H,27,30)(H2,26,28,31)/t16-,33?/m1/s1. The van der Waals surface area contributed by atoms with Crippen LogP contribution in [0.5, 0.6) is 5.75 Å². The van der Waals surface area contributed by atoms with Crippen LogP contribution in [0.1, 0.15) is 21.6 Å². The Labute approximate surface area is 190 Å². The van der Waals surface area contributed by atoms with Crippen LogP contribution in [-0.2, 0) is 23.4 Å². The van der Waals surface area contributed by atoms with Crippen molar-refractivity contribution >= 4 is 27.6 Å². The van der Waals surface area contributed by atoms with Crippen LogP contribution < -0.4 is 14.8 Å². The highest BCUT2D eigenvalue weighted by Gasteiger charge is 2.28. The lowest BCUT2D eigenvalue weighted by Gasteiger charge is -2.15. The molecule has 33 heavy (non-hydrogen) atoms. The number of anilines is 1. The molecule has 2 aromatic carbocycles. The lowest BCUT2D eigenvalue weighted by Crippen LogP contribution is -2.33. The number of nitrogens with one attached hydrogen (secondary N) is 3. The maximum Gasteiger partial charge on any atom is 0.272 e. The second-order valence-corrected chi connectivity index (χ2v) is 9.43. The molecule has 1 aliphatic rings. The van der Waals surface area contributed by atoms with Crippen LogP contribution >= 0.6 is 0 Å². The fourth-order valence-electron chi connectivity index (χ4n) is 3.71. The molecule has 0 bridgehead atoms. The summed E-state index contributed by atoms with van der Waals surface area (Å²) in [6.45, 7) is 0. The van der Waals surface area contributed by atoms with Crippen LogP contribution in [0.2, 0.25) is 0 Å². The van der Waals surface area contributed by atoms with Gasteiger partial charge in [-0.25, -0.2) is 22.5 Å². The Morgan fingerprint density at radius 2 is 1.94 bits per heavy atom. The van der Waals surface area contributed by atoms with Gasteiger partial charge in [0.1, 0.15) is 21.4 Å². The Morgan fingerprint density at radius 1 is 1.21 bits per heavy atom. The number of methoxy groups -OCH3 is 1. The van der Waals surface area contributed by atoms with E-state index in [1.807, 2.05) is 24.3 Å². The van der Waals surface area contributed by atoms with E-state index in [0.29, 0.717) is 12.0 Å². The monoisotopic (exact) mass is 472 g/mol. The maximum atomic E-state index is 13.5. The largest absolute Gasteiger partial charge is 0.497 e. The summed E-state index contributed by atoms with van der Waals surface area (Å²) in [5.41, 5.74) is 1.52. The van der Waals surface area contributed by atoms with E-state index in [1.165, 1.54) is 16.8 Å². The van der Waals surface area contributed by atoms with Crippen molar-refractivity contribution in [1.82, 2.24) is 9.29 Å². The van der Waals surface area contributed by atoms with Crippen molar-refractivity contribution < 1.29 is 22.5 Å². The van der Waals surface area contributed by atoms with Crippen molar-refractivity contribution in [1.29, 1.82) is 4.78 Å². The average molecular weight is 473 g/mol. The number of fused-ring (bicyclic) bond motifs is 1. The number of aromatic nitrogens is 1. The Balaban J connectivity index is 1.63. The molecule has 0 saturated heterocycles. The molecular weight excluding hydrogens is 450 g/mol. The van der Waals surface area contributed by atoms with Crippen molar-refractivity contribution in [3.05, 3.63) is 83.2 Å². The molecule has 0 aliphatic carbocycles. The van der Waals surface area contributed by atoms with Gasteiger partial charge in [0.2, 0.25) is 0 Å². The lowest BCUT2D eigenvalue weighted by molar-refractivity contribution is 0.101. The predicted molar refractivity (Wildman–Crippen MR) is 122 cm³/mol. The number of hydrogen-bond acceptors (Lipinski definition) is 4. The molecule has 2 atom stereocenters. The number of hydrogen-bond donors (Lipinski definition) is 3. The van der Waals surface area contributed by atoms with Gasteiger partial charge in [0, 0.05) is 36.6 Å². The number of halogens is 2. The van der Waals surface area contributed by atoms with Crippen molar-refractivity contribution in [2.24, 2.45) is 7.05 Å². The van der Waals surface area contributed by atoms with Gasteiger partial charge in [0.15, 0.2) is 11.6 Å². The molecule has 0 saturated carbocycles. The zero-order chi connectivity index (χ0) is 23.8. The quantitative estimate of drug-likeness (QED) is 0.521. The molecule has 1 amide bonds. The Hall–Kier alpha value is -3.50. The van der Waals surface area contributed by atoms with Crippen LogP contribution in [0, 0.1) is 16.4 Å². The van der Waals surface area contributed by atoms with Crippen LogP contribution in [0.3, 0.4) is 0 Å². The fraction of sp³-hybridized carbons (Fsp3) is 0.174. The summed E-state index contributed by atoms with van der Waals surface area (Å²) in [6.07, 6.45) is 5.37. The van der Waals surface area contributed by atoms with E-state index in [-0.39, 0.29) is 16.3 Å². The molecule has 1 aromatic heterocycles. The number of aryl methyl sites for hydroxylation is 1. The molecule has 2 heterocycles. The second kappa shape index (κ2) is 8.80. The summed E-state index contributed by atoms with van der Waals surface area (Å²) in [6, 6.07) is 10.0. The highest BCUT2D eigenvalue weighted by molar-refractivity contribution is 7.90. The van der Waals surface area contributed by atoms with Crippen molar-refractivity contribution in [2.45, 2.75) is 17.4 Å². The van der Waals surface area contributed by atoms with E-state index in [0.717, 1.165) is 23.4 Å². The van der Waals surface area contributed by atoms with E-state index >= 15 is 0 Å². The van der Waals surface area contributed by atoms with Gasteiger partial charge in [-0.2, -0.15) is 0 Å². The number of carbonyl (C=O) groups is 1. The summed E-state index contributed by atoms with van der Waals surface area (Å²) in [7, 11) is -0.258. The van der Waals surface area contributed by atoms with Crippen molar-refractivity contribution in [2.75, 3.05) is 12.4 Å². The number of amides is 1. The molecular formula is C23H22F2N4O3S. The third-order valence-corrected chi connectivity index (χ3v) is 6.89. The van der Waals surface area contributed by atoms with E-state index in [2.05, 4.69) is 10.0 Å². The number of rotatable bonds is 5. The Kier molecular flexibility index (Phi) is 6.05. The number of ether oxygens (including phenoxy) is 1. The van der Waals surface area contributed by atoms with E-state index in [9.17, 15) is 17.8 Å². The van der Waals surface area contributed by atoms with Gasteiger partial charge in [0.25, 0.3) is 5.91 Å². The molecule has 3 N–H and O–H groups in total. The highest BCUT2D eigenvalue weighted by atomic mass is 32.2. The summed E-state index contributed by atoms with van der Waals surface area (Å²) in [5.74, 6) is -1.99. The summed E-state index contributed by atoms with van der Waals surface area (Å²) in [5, 5.41) is 2.53. The van der Waals surface area contributed by atoms with Crippen LogP contribution in [-0.4, -0.2) is 27.8 Å². The van der Waals surface area contributed by atoms with Crippen LogP contribution in [0.15, 0.2) is 59.6 Å². The first-order valence-electron chi connectivity index (χ1n) is 10.0. The van der Waals surface area contributed by atoms with Gasteiger partial charge in [0.05, 0.1) is 12.0 Å². The zero-order valence-electron chi connectivity index (χ0n) is 17.9. The highest BCUT2D eigenvalue weighted by Crippen LogP contribution is 2.28. The molecule has 4 rings (SSSR count). The minimum absolute atomic E-state index is 0.0774. The Bertz CT molecular complexity index is 1350. The SMILES string of the molecule is COc1ccc(C[C@H]2C=Cc3c(cn(C)c3C(=O)Nc3ccc(F)c(F)c3)S(=N)(=O)N2)cc1. The molecule has 172 valence electrons. The second-order valence-electron chi connectivity index (χ2n) is 7.64. The number of nitrogens with zero attached hydrogens (tertiary/aromatic N) is 1. The first-order chi connectivity index (χ1) is 15.7. The third-order valence-electron chi connectivity index (χ3n) is 5.31. The lowest BCUT2D eigenvalue weighted by atomic mass is 10.0. The molecule has 3 aromatic rings. The minimum Gasteiger partial charge on any atom is -0.497 e. The first kappa shape index (κ1) is 22.7. The van der Waals surface area contributed by atoms with Crippen LogP contribution in [0.4, 0.5) is 14.5 Å². The van der Waals surface area contributed by atoms with E-state index < -0.39 is 33.5 Å².